The molecule has 1 aromatic rings. The first kappa shape index (κ1) is 41.4. The van der Waals surface area contributed by atoms with E-state index in [1.54, 1.807) is 31.2 Å². The molecule has 2 heterocycles. The number of carbonyl (C=O) groups is 1. The maximum atomic E-state index is 11.9. The number of aliphatic hydroxyl groups is 4. The Labute approximate surface area is 262 Å². The van der Waals surface area contributed by atoms with E-state index in [1.165, 1.54) is 0 Å². The average molecular weight is 613 g/mol. The normalized spacial score (nSPS) is 31.2. The maximum Gasteiger partial charge on any atom is 0.338 e. The highest BCUT2D eigenvalue weighted by atomic mass is 16.6. The molecule has 0 saturated carbocycles. The molecule has 1 unspecified atom stereocenters. The van der Waals surface area contributed by atoms with Gasteiger partial charge in [0, 0.05) is 5.92 Å². The minimum absolute atomic E-state index is 0. The Morgan fingerprint density at radius 1 is 0.884 bits per heavy atom. The molecule has 0 aliphatic carbocycles. The van der Waals surface area contributed by atoms with Crippen molar-refractivity contribution in [3.8, 4) is 0 Å². The molecule has 2 aliphatic heterocycles. The summed E-state index contributed by atoms with van der Waals surface area (Å²) in [6.07, 6.45) is 0.191. The van der Waals surface area contributed by atoms with Gasteiger partial charge in [-0.25, -0.2) is 4.79 Å². The first-order valence-corrected chi connectivity index (χ1v) is 15.9. The van der Waals surface area contributed by atoms with Gasteiger partial charge in [-0.1, -0.05) is 87.9 Å². The lowest BCUT2D eigenvalue weighted by Gasteiger charge is -2.43. The third-order valence-electron chi connectivity index (χ3n) is 8.06. The number of hydrogen-bond donors (Lipinski definition) is 4. The van der Waals surface area contributed by atoms with Crippen molar-refractivity contribution in [2.75, 3.05) is 6.61 Å². The van der Waals surface area contributed by atoms with E-state index in [-0.39, 0.29) is 50.3 Å². The largest absolute Gasteiger partial charge is 0.459 e. The summed E-state index contributed by atoms with van der Waals surface area (Å²) in [5.41, 5.74) is 0.460. The van der Waals surface area contributed by atoms with Gasteiger partial charge in [0.05, 0.1) is 48.3 Å². The van der Waals surface area contributed by atoms with Gasteiger partial charge in [-0.15, -0.1) is 0 Å². The third kappa shape index (κ3) is 14.0. The van der Waals surface area contributed by atoms with E-state index in [9.17, 15) is 20.1 Å². The van der Waals surface area contributed by atoms with Crippen LogP contribution in [0.2, 0.25) is 0 Å². The quantitative estimate of drug-likeness (QED) is 0.268. The summed E-state index contributed by atoms with van der Waals surface area (Å²) in [5.74, 6) is 0.742. The maximum absolute atomic E-state index is 11.9. The molecule has 10 atom stereocenters. The molecular weight excluding hydrogens is 548 g/mol. The number of carbonyl (C=O) groups excluding carboxylic acids is 1. The predicted molar refractivity (Wildman–Crippen MR) is 173 cm³/mol. The number of aliphatic hydroxyl groups excluding tert-OH is 4. The predicted octanol–water partition coefficient (Wildman–Crippen LogP) is 5.88. The molecule has 4 N–H and O–H groups in total. The standard InChI is InChI=1S/C17H24O5.C10H20O2.C7H16O.CH4/c1-10(2)16-15(19)11(3)14(18)13(22-16)9-21-17(20)12-7-5-4-6-8-12;1-6(2)10-9(11)7(3)5-8(4)12-10;1-4-7(8)5-6(2)3;/h4-8,10-11,13-16,18-19H,9H2,1-3H3;6-11H,5H2,1-4H3;6-8H,4-5H2,1-3H3;1H4/t11-,13+,14-,15+,16-;7-,8+,9+,10-;;/m00../s1. The van der Waals surface area contributed by atoms with Crippen molar-refractivity contribution in [3.05, 3.63) is 35.9 Å². The second kappa shape index (κ2) is 20.5. The summed E-state index contributed by atoms with van der Waals surface area (Å²) in [6.45, 7) is 20.3. The molecule has 2 saturated heterocycles. The van der Waals surface area contributed by atoms with E-state index in [1.807, 2.05) is 26.8 Å². The smallest absolute Gasteiger partial charge is 0.338 e. The van der Waals surface area contributed by atoms with Gasteiger partial charge in [0.1, 0.15) is 12.7 Å². The Kier molecular flexibility index (Phi) is 19.7. The average Bonchev–Trinajstić information content (AvgIpc) is 2.93. The molecule has 0 aromatic heterocycles. The van der Waals surface area contributed by atoms with Gasteiger partial charge in [-0.05, 0) is 62.0 Å². The molecule has 3 rings (SSSR count). The van der Waals surface area contributed by atoms with E-state index < -0.39 is 24.3 Å². The zero-order valence-electron chi connectivity index (χ0n) is 27.6. The van der Waals surface area contributed by atoms with Crippen LogP contribution in [0, 0.1) is 29.6 Å². The second-order valence-corrected chi connectivity index (χ2v) is 13.2. The highest BCUT2D eigenvalue weighted by Crippen LogP contribution is 2.30. The van der Waals surface area contributed by atoms with Gasteiger partial charge in [0.15, 0.2) is 0 Å². The molecule has 0 radical (unpaired) electrons. The highest BCUT2D eigenvalue weighted by molar-refractivity contribution is 5.89. The molecule has 8 nitrogen and oxygen atoms in total. The molecule has 2 aliphatic rings. The number of ether oxygens (including phenoxy) is 3. The number of rotatable bonds is 8. The van der Waals surface area contributed by atoms with Crippen LogP contribution in [-0.4, -0.2) is 81.8 Å². The summed E-state index contributed by atoms with van der Waals surface area (Å²) < 4.78 is 16.7. The second-order valence-electron chi connectivity index (χ2n) is 13.2. The van der Waals surface area contributed by atoms with Crippen LogP contribution < -0.4 is 0 Å². The fourth-order valence-corrected chi connectivity index (χ4v) is 5.36. The Morgan fingerprint density at radius 2 is 1.42 bits per heavy atom. The van der Waals surface area contributed by atoms with Gasteiger partial charge in [-0.3, -0.25) is 0 Å². The Hall–Kier alpha value is -1.55. The van der Waals surface area contributed by atoms with Crippen LogP contribution in [0.4, 0.5) is 0 Å². The van der Waals surface area contributed by atoms with Gasteiger partial charge in [-0.2, -0.15) is 0 Å². The Morgan fingerprint density at radius 3 is 1.88 bits per heavy atom. The summed E-state index contributed by atoms with van der Waals surface area (Å²) >= 11 is 0. The van der Waals surface area contributed by atoms with Crippen LogP contribution in [0.3, 0.4) is 0 Å². The van der Waals surface area contributed by atoms with E-state index >= 15 is 0 Å². The van der Waals surface area contributed by atoms with Crippen LogP contribution in [0.25, 0.3) is 0 Å². The topological polar surface area (TPSA) is 126 Å². The summed E-state index contributed by atoms with van der Waals surface area (Å²) in [4.78, 5) is 11.9. The van der Waals surface area contributed by atoms with Crippen molar-refractivity contribution in [1.82, 2.24) is 0 Å². The first-order valence-electron chi connectivity index (χ1n) is 15.9. The number of hydrogen-bond acceptors (Lipinski definition) is 8. The van der Waals surface area contributed by atoms with E-state index in [0.29, 0.717) is 29.4 Å². The van der Waals surface area contributed by atoms with Crippen LogP contribution in [0.5, 0.6) is 0 Å². The van der Waals surface area contributed by atoms with E-state index in [2.05, 4.69) is 41.5 Å². The molecule has 252 valence electrons. The van der Waals surface area contributed by atoms with Crippen molar-refractivity contribution in [2.45, 2.75) is 145 Å². The van der Waals surface area contributed by atoms with E-state index in [0.717, 1.165) is 19.3 Å². The molecular formula is C35H64O8. The number of benzene rings is 1. The molecule has 2 fully saturated rings. The van der Waals surface area contributed by atoms with Gasteiger partial charge in [0.2, 0.25) is 0 Å². The van der Waals surface area contributed by atoms with Crippen molar-refractivity contribution in [2.24, 2.45) is 29.6 Å². The zero-order chi connectivity index (χ0) is 32.1. The van der Waals surface area contributed by atoms with Crippen molar-refractivity contribution >= 4 is 5.97 Å². The Balaban J connectivity index is 0.000000707. The third-order valence-corrected chi connectivity index (χ3v) is 8.06. The van der Waals surface area contributed by atoms with Gasteiger partial charge in [0.25, 0.3) is 0 Å². The lowest BCUT2D eigenvalue weighted by molar-refractivity contribution is -0.216. The fraction of sp³-hybridized carbons (Fsp3) is 0.800. The molecule has 8 heteroatoms. The summed E-state index contributed by atoms with van der Waals surface area (Å²) in [5, 5.41) is 39.2. The summed E-state index contributed by atoms with van der Waals surface area (Å²) in [6, 6.07) is 8.68. The SMILES string of the molecule is C.CC(C)[C@@H]1O[C@H](C)C[C@H](C)[C@H]1O.CC(C)[C@@H]1O[C@H](COC(=O)c2ccccc2)[C@@H](O)[C@H](C)[C@H]1O.CCC(O)CC(C)C. The van der Waals surface area contributed by atoms with Gasteiger partial charge >= 0.3 is 5.97 Å². The van der Waals surface area contributed by atoms with Crippen LogP contribution in [-0.2, 0) is 14.2 Å². The minimum atomic E-state index is -0.867. The van der Waals surface area contributed by atoms with Crippen LogP contribution in [0.15, 0.2) is 30.3 Å². The lowest BCUT2D eigenvalue weighted by Crippen LogP contribution is -2.56. The monoisotopic (exact) mass is 612 g/mol. The molecule has 0 bridgehead atoms. The highest BCUT2D eigenvalue weighted by Gasteiger charge is 2.43. The lowest BCUT2D eigenvalue weighted by atomic mass is 9.84. The first-order chi connectivity index (χ1) is 19.6. The minimum Gasteiger partial charge on any atom is -0.459 e. The van der Waals surface area contributed by atoms with Gasteiger partial charge < -0.3 is 34.6 Å². The molecule has 0 amide bonds. The molecule has 0 spiro atoms. The van der Waals surface area contributed by atoms with Crippen molar-refractivity contribution in [3.63, 3.8) is 0 Å². The molecule has 1 aromatic carbocycles. The van der Waals surface area contributed by atoms with Crippen molar-refractivity contribution < 1.29 is 39.4 Å². The molecule has 43 heavy (non-hydrogen) atoms. The zero-order valence-corrected chi connectivity index (χ0v) is 27.6. The van der Waals surface area contributed by atoms with E-state index in [4.69, 9.17) is 19.3 Å². The van der Waals surface area contributed by atoms with Crippen molar-refractivity contribution in [1.29, 1.82) is 0 Å². The summed E-state index contributed by atoms with van der Waals surface area (Å²) in [7, 11) is 0. The van der Waals surface area contributed by atoms with Crippen LogP contribution >= 0.6 is 0 Å². The Bertz CT molecular complexity index is 861. The number of esters is 1. The fourth-order valence-electron chi connectivity index (χ4n) is 5.36. The van der Waals surface area contributed by atoms with Crippen LogP contribution in [0.1, 0.15) is 106 Å².